The number of rotatable bonds is 7. The Labute approximate surface area is 216 Å². The Bertz CT molecular complexity index is 1370. The van der Waals surface area contributed by atoms with Crippen LogP contribution in [0.5, 0.6) is 5.75 Å². The normalized spacial score (nSPS) is 18.1. The van der Waals surface area contributed by atoms with Gasteiger partial charge in [-0.05, 0) is 41.0 Å². The first-order valence-electron chi connectivity index (χ1n) is 11.3. The van der Waals surface area contributed by atoms with Crippen molar-refractivity contribution in [1.29, 1.82) is 0 Å². The predicted octanol–water partition coefficient (Wildman–Crippen LogP) is 4.21. The van der Waals surface area contributed by atoms with E-state index in [1.807, 2.05) is 5.32 Å². The fourth-order valence-electron chi connectivity index (χ4n) is 4.04. The van der Waals surface area contributed by atoms with Gasteiger partial charge in [0.25, 0.3) is 17.8 Å². The summed E-state index contributed by atoms with van der Waals surface area (Å²) in [7, 11) is 0. The van der Waals surface area contributed by atoms with Crippen LogP contribution in [0.25, 0.3) is 5.57 Å². The number of anilines is 1. The smallest absolute Gasteiger partial charge is 0.416 e. The number of ether oxygens (including phenoxy) is 1. The van der Waals surface area contributed by atoms with Gasteiger partial charge in [0.1, 0.15) is 11.3 Å². The van der Waals surface area contributed by atoms with Crippen molar-refractivity contribution in [1.82, 2.24) is 25.9 Å². The van der Waals surface area contributed by atoms with Gasteiger partial charge in [-0.25, -0.2) is 0 Å². The van der Waals surface area contributed by atoms with Crippen molar-refractivity contribution in [3.8, 4) is 5.75 Å². The molecule has 0 saturated carbocycles. The molecule has 1 atom stereocenters. The Balaban J connectivity index is 1.75. The molecule has 2 heterocycles. The number of amides is 2. The molecule has 0 saturated heterocycles. The lowest BCUT2D eigenvalue weighted by Gasteiger charge is -2.41. The first kappa shape index (κ1) is 27.6. The lowest BCUT2D eigenvalue weighted by molar-refractivity contribution is -0.201. The number of nitrogens with one attached hydrogen (secondary N) is 3. The Morgan fingerprint density at radius 3 is 2.28 bits per heavy atom. The number of halogens is 6. The molecule has 206 valence electrons. The molecule has 1 unspecified atom stereocenters. The largest absolute Gasteiger partial charge is 0.493 e. The average molecular weight is 554 g/mol. The number of carbonyl (C=O) groups is 2. The fraction of sp³-hybridized carbons (Fsp3) is 0.292. The van der Waals surface area contributed by atoms with Gasteiger partial charge < -0.3 is 10.1 Å². The van der Waals surface area contributed by atoms with E-state index in [2.05, 4.69) is 25.9 Å². The average Bonchev–Trinajstić information content (AvgIpc) is 3.36. The van der Waals surface area contributed by atoms with Crippen molar-refractivity contribution >= 4 is 23.3 Å². The van der Waals surface area contributed by atoms with E-state index in [1.54, 1.807) is 19.1 Å². The van der Waals surface area contributed by atoms with Crippen molar-refractivity contribution < 1.29 is 40.7 Å². The second kappa shape index (κ2) is 10.4. The third kappa shape index (κ3) is 6.02. The Hall–Kier alpha value is -4.43. The summed E-state index contributed by atoms with van der Waals surface area (Å²) in [4.78, 5) is 26.2. The molecule has 2 amide bonds. The number of aromatic amines is 1. The number of carbonyl (C=O) groups excluding carboxylic acids is 2. The van der Waals surface area contributed by atoms with Crippen LogP contribution < -0.4 is 15.4 Å². The zero-order chi connectivity index (χ0) is 28.4. The number of aromatic nitrogens is 4. The van der Waals surface area contributed by atoms with Gasteiger partial charge in [-0.2, -0.15) is 31.6 Å². The molecule has 3 N–H and O–H groups in total. The number of H-pyrrole nitrogens is 1. The SMILES string of the molecule is Cc1ccc(C2=C(C(=O)Nc3nn[nH]n3)C(=O)NC(c3ccc(OCCC(F)(F)F)cc3)(C(F)(F)F)C2)cc1. The summed E-state index contributed by atoms with van der Waals surface area (Å²) in [5, 5.41) is 16.7. The minimum Gasteiger partial charge on any atom is -0.493 e. The third-order valence-electron chi connectivity index (χ3n) is 5.98. The molecular weight excluding hydrogens is 534 g/mol. The van der Waals surface area contributed by atoms with Crippen LogP contribution in [-0.2, 0) is 15.1 Å². The lowest BCUT2D eigenvalue weighted by Crippen LogP contribution is -2.59. The molecule has 0 bridgehead atoms. The van der Waals surface area contributed by atoms with Crippen LogP contribution >= 0.6 is 0 Å². The van der Waals surface area contributed by atoms with E-state index in [9.17, 15) is 35.9 Å². The summed E-state index contributed by atoms with van der Waals surface area (Å²) >= 11 is 0. The molecule has 15 heteroatoms. The number of benzene rings is 2. The van der Waals surface area contributed by atoms with E-state index in [0.717, 1.165) is 29.8 Å². The zero-order valence-electron chi connectivity index (χ0n) is 20.1. The molecule has 0 radical (unpaired) electrons. The third-order valence-corrected chi connectivity index (χ3v) is 5.98. The molecule has 1 aliphatic heterocycles. The Kier molecular flexibility index (Phi) is 7.35. The lowest BCUT2D eigenvalue weighted by atomic mass is 9.76. The van der Waals surface area contributed by atoms with Gasteiger partial charge in [0.15, 0.2) is 5.54 Å². The number of aryl methyl sites for hydroxylation is 1. The van der Waals surface area contributed by atoms with Gasteiger partial charge in [0, 0.05) is 6.42 Å². The van der Waals surface area contributed by atoms with E-state index in [1.165, 1.54) is 12.1 Å². The van der Waals surface area contributed by atoms with Crippen molar-refractivity contribution in [2.45, 2.75) is 37.7 Å². The second-order valence-corrected chi connectivity index (χ2v) is 8.68. The zero-order valence-corrected chi connectivity index (χ0v) is 20.1. The van der Waals surface area contributed by atoms with Gasteiger partial charge in [0.05, 0.1) is 13.0 Å². The molecule has 1 aromatic heterocycles. The molecule has 2 aromatic carbocycles. The van der Waals surface area contributed by atoms with E-state index >= 15 is 0 Å². The molecule has 3 aromatic rings. The van der Waals surface area contributed by atoms with Crippen LogP contribution in [0.15, 0.2) is 54.1 Å². The molecule has 0 fully saturated rings. The van der Waals surface area contributed by atoms with Crippen LogP contribution in [0.3, 0.4) is 0 Å². The first-order valence-corrected chi connectivity index (χ1v) is 11.3. The number of hydrogen-bond donors (Lipinski definition) is 3. The molecule has 9 nitrogen and oxygen atoms in total. The summed E-state index contributed by atoms with van der Waals surface area (Å²) in [5.74, 6) is -2.73. The van der Waals surface area contributed by atoms with Crippen LogP contribution in [0.1, 0.15) is 29.5 Å². The van der Waals surface area contributed by atoms with Gasteiger partial charge in [-0.1, -0.05) is 47.1 Å². The number of alkyl halides is 6. The van der Waals surface area contributed by atoms with Gasteiger partial charge in [-0.15, -0.1) is 5.10 Å². The Morgan fingerprint density at radius 1 is 1.05 bits per heavy atom. The fourth-order valence-corrected chi connectivity index (χ4v) is 4.04. The quantitative estimate of drug-likeness (QED) is 0.297. The van der Waals surface area contributed by atoms with E-state index in [0.29, 0.717) is 0 Å². The van der Waals surface area contributed by atoms with Crippen molar-refractivity contribution in [2.75, 3.05) is 11.9 Å². The highest BCUT2D eigenvalue weighted by Gasteiger charge is 2.60. The minimum absolute atomic E-state index is 0.0862. The molecular formula is C24H20F6N6O3. The van der Waals surface area contributed by atoms with E-state index < -0.39 is 60.3 Å². The maximum Gasteiger partial charge on any atom is 0.416 e. The maximum atomic E-state index is 14.7. The molecule has 4 rings (SSSR count). The molecule has 0 spiro atoms. The topological polar surface area (TPSA) is 122 Å². The number of nitrogens with zero attached hydrogens (tertiary/aromatic N) is 3. The van der Waals surface area contributed by atoms with Crippen LogP contribution in [0, 0.1) is 6.92 Å². The van der Waals surface area contributed by atoms with E-state index in [-0.39, 0.29) is 22.8 Å². The summed E-state index contributed by atoms with van der Waals surface area (Å²) in [5.41, 5.74) is -3.15. The van der Waals surface area contributed by atoms with Crippen LogP contribution in [0.2, 0.25) is 0 Å². The van der Waals surface area contributed by atoms with Crippen molar-refractivity contribution in [3.63, 3.8) is 0 Å². The monoisotopic (exact) mass is 554 g/mol. The van der Waals surface area contributed by atoms with Crippen molar-refractivity contribution in [2.24, 2.45) is 0 Å². The van der Waals surface area contributed by atoms with Crippen molar-refractivity contribution in [3.05, 3.63) is 70.8 Å². The van der Waals surface area contributed by atoms with Crippen LogP contribution in [-0.4, -0.2) is 51.4 Å². The summed E-state index contributed by atoms with van der Waals surface area (Å²) in [6.07, 6.45) is -11.6. The number of hydrogen-bond acceptors (Lipinski definition) is 6. The molecule has 39 heavy (non-hydrogen) atoms. The second-order valence-electron chi connectivity index (χ2n) is 8.68. The highest BCUT2D eigenvalue weighted by Crippen LogP contribution is 2.48. The highest BCUT2D eigenvalue weighted by molar-refractivity contribution is 6.28. The minimum atomic E-state index is -5.05. The van der Waals surface area contributed by atoms with Gasteiger partial charge in [0.2, 0.25) is 0 Å². The maximum absolute atomic E-state index is 14.7. The Morgan fingerprint density at radius 2 is 1.72 bits per heavy atom. The summed E-state index contributed by atoms with van der Waals surface area (Å²) in [6, 6.07) is 10.4. The van der Waals surface area contributed by atoms with E-state index in [4.69, 9.17) is 4.74 Å². The van der Waals surface area contributed by atoms with Gasteiger partial charge >= 0.3 is 12.4 Å². The van der Waals surface area contributed by atoms with Gasteiger partial charge in [-0.3, -0.25) is 14.9 Å². The number of tetrazole rings is 1. The standard InChI is InChI=1S/C24H20F6N6O3/c1-13-2-4-14(5-3-13)17-12-22(24(28,29)30,15-6-8-16(9-7-15)39-11-10-23(25,26)27)32-20(38)18(17)19(37)31-21-33-35-36-34-21/h2-9H,10-12H2,1H3,(H,32,38)(H2,31,33,34,35,36,37). The first-order chi connectivity index (χ1) is 18.3. The summed E-state index contributed by atoms with van der Waals surface area (Å²) in [6.45, 7) is 1.04. The van der Waals surface area contributed by atoms with Crippen LogP contribution in [0.4, 0.5) is 32.3 Å². The predicted molar refractivity (Wildman–Crippen MR) is 124 cm³/mol. The summed E-state index contributed by atoms with van der Waals surface area (Å²) < 4.78 is 86.4. The molecule has 0 aliphatic carbocycles. The highest BCUT2D eigenvalue weighted by atomic mass is 19.4. The molecule has 1 aliphatic rings.